The van der Waals surface area contributed by atoms with E-state index in [4.69, 9.17) is 28.4 Å². The van der Waals surface area contributed by atoms with Crippen LogP contribution in [0.15, 0.2) is 0 Å². The number of carbonyl (C=O) groups is 4. The third-order valence-corrected chi connectivity index (χ3v) is 13.3. The summed E-state index contributed by atoms with van der Waals surface area (Å²) in [4.78, 5) is 49.6. The molecule has 10 nitrogen and oxygen atoms in total. The highest BCUT2D eigenvalue weighted by molar-refractivity contribution is 5.83. The summed E-state index contributed by atoms with van der Waals surface area (Å²) < 4.78 is 31.6. The number of methoxy groups -OCH3 is 1. The Hall–Kier alpha value is -2.20. The fourth-order valence-electron chi connectivity index (χ4n) is 9.40. The van der Waals surface area contributed by atoms with E-state index < -0.39 is 0 Å². The van der Waals surface area contributed by atoms with Gasteiger partial charge in [-0.25, -0.2) is 0 Å². The number of carbonyl (C=O) groups excluding carboxylic acids is 4. The minimum atomic E-state index is -0.371. The van der Waals surface area contributed by atoms with E-state index in [1.807, 2.05) is 0 Å². The zero-order chi connectivity index (χ0) is 36.7. The van der Waals surface area contributed by atoms with Crippen LogP contribution in [0.4, 0.5) is 0 Å². The van der Waals surface area contributed by atoms with Gasteiger partial charge in [-0.2, -0.15) is 0 Å². The van der Waals surface area contributed by atoms with Gasteiger partial charge in [-0.15, -0.1) is 0 Å². The Bertz CT molecular complexity index is 1160. The van der Waals surface area contributed by atoms with Gasteiger partial charge in [0, 0.05) is 0 Å². The van der Waals surface area contributed by atoms with Crippen molar-refractivity contribution in [1.29, 1.82) is 0 Å². The standard InChI is InChI=1S/C28H46O5.C13H20O5/c1-18-5-8-20(9-6-18)28(3,4)21-10-12-22(13-11-21)33-27(30)24-14-7-19(2)15-25(24)26(29)32-17-23-16-31-23;1-8-3-4-10(12(14)16-2)11(5-8)13(15)18-7-9-6-17-9/h18-25H,5-17H2,1-4H3;8-11H,3-7H2,1-2H3. The summed E-state index contributed by atoms with van der Waals surface area (Å²) in [5.41, 5.74) is 0.370. The first-order valence-electron chi connectivity index (χ1n) is 20.2. The smallest absolute Gasteiger partial charge is 0.310 e. The summed E-state index contributed by atoms with van der Waals surface area (Å²) >= 11 is 0. The first-order chi connectivity index (χ1) is 24.3. The fraction of sp³-hybridized carbons (Fsp3) is 0.902. The lowest BCUT2D eigenvalue weighted by molar-refractivity contribution is -0.168. The second kappa shape index (κ2) is 18.2. The summed E-state index contributed by atoms with van der Waals surface area (Å²) in [5.74, 6) is 0.877. The van der Waals surface area contributed by atoms with Crippen LogP contribution in [0, 0.1) is 58.7 Å². The Morgan fingerprint density at radius 3 is 1.39 bits per heavy atom. The summed E-state index contributed by atoms with van der Waals surface area (Å²) in [6.45, 7) is 13.5. The Morgan fingerprint density at radius 2 is 0.961 bits per heavy atom. The molecule has 0 aromatic heterocycles. The van der Waals surface area contributed by atoms with Gasteiger partial charge in [0.25, 0.3) is 0 Å². The topological polar surface area (TPSA) is 130 Å². The van der Waals surface area contributed by atoms with Crippen LogP contribution in [0.3, 0.4) is 0 Å². The van der Waals surface area contributed by atoms with E-state index in [-0.39, 0.29) is 65.9 Å². The maximum absolute atomic E-state index is 13.1. The van der Waals surface area contributed by atoms with Crippen molar-refractivity contribution >= 4 is 23.9 Å². The third-order valence-electron chi connectivity index (χ3n) is 13.3. The SMILES string of the molecule is CC1CCC(C(C)(C)C2CCC(OC(=O)C3CCC(C)CC3C(=O)OCC3CO3)CC2)CC1.COC(=O)C1CCC(C)CC1C(=O)OCC1CO1. The molecule has 290 valence electrons. The highest BCUT2D eigenvalue weighted by Gasteiger charge is 2.44. The van der Waals surface area contributed by atoms with Crippen LogP contribution in [0.25, 0.3) is 0 Å². The number of hydrogen-bond donors (Lipinski definition) is 0. The van der Waals surface area contributed by atoms with Crippen molar-refractivity contribution in [1.82, 2.24) is 0 Å². The van der Waals surface area contributed by atoms with Gasteiger partial charge in [-0.3, -0.25) is 19.2 Å². The van der Waals surface area contributed by atoms with Crippen molar-refractivity contribution in [2.24, 2.45) is 58.7 Å². The van der Waals surface area contributed by atoms with E-state index in [0.29, 0.717) is 68.9 Å². The molecule has 0 bridgehead atoms. The predicted octanol–water partition coefficient (Wildman–Crippen LogP) is 7.09. The molecule has 4 saturated carbocycles. The van der Waals surface area contributed by atoms with E-state index in [1.54, 1.807) is 0 Å². The largest absolute Gasteiger partial charge is 0.469 e. The van der Waals surface area contributed by atoms with Crippen LogP contribution in [0.1, 0.15) is 125 Å². The number of esters is 4. The van der Waals surface area contributed by atoms with Gasteiger partial charge in [0.1, 0.15) is 31.5 Å². The van der Waals surface area contributed by atoms with Crippen molar-refractivity contribution < 1.29 is 47.6 Å². The number of epoxide rings is 2. The molecule has 0 aromatic carbocycles. The van der Waals surface area contributed by atoms with Crippen molar-refractivity contribution in [3.8, 4) is 0 Å². The van der Waals surface area contributed by atoms with E-state index in [1.165, 1.54) is 32.8 Å². The lowest BCUT2D eigenvalue weighted by Gasteiger charge is -2.46. The normalized spacial score (nSPS) is 37.8. The van der Waals surface area contributed by atoms with Crippen molar-refractivity contribution in [2.45, 2.75) is 143 Å². The second-order valence-electron chi connectivity index (χ2n) is 17.6. The Kier molecular flexibility index (Phi) is 14.3. The summed E-state index contributed by atoms with van der Waals surface area (Å²) in [6.07, 6.45) is 14.6. The fourth-order valence-corrected chi connectivity index (χ4v) is 9.40. The van der Waals surface area contributed by atoms with Gasteiger partial charge in [0.2, 0.25) is 0 Å². The average Bonchev–Trinajstić information content (AvgIpc) is 4.06. The Labute approximate surface area is 306 Å². The molecule has 10 heteroatoms. The van der Waals surface area contributed by atoms with E-state index in [9.17, 15) is 19.2 Å². The highest BCUT2D eigenvalue weighted by Crippen LogP contribution is 2.49. The quantitative estimate of drug-likeness (QED) is 0.124. The summed E-state index contributed by atoms with van der Waals surface area (Å²) in [7, 11) is 1.36. The molecule has 0 amide bonds. The lowest BCUT2D eigenvalue weighted by atomic mass is 9.60. The van der Waals surface area contributed by atoms with Crippen molar-refractivity contribution in [2.75, 3.05) is 33.5 Å². The van der Waals surface area contributed by atoms with Gasteiger partial charge >= 0.3 is 23.9 Å². The first kappa shape index (κ1) is 40.0. The minimum Gasteiger partial charge on any atom is -0.469 e. The predicted molar refractivity (Wildman–Crippen MR) is 190 cm³/mol. The molecule has 6 rings (SSSR count). The molecule has 8 atom stereocenters. The van der Waals surface area contributed by atoms with Gasteiger partial charge in [-0.1, -0.05) is 47.5 Å². The van der Waals surface area contributed by atoms with Gasteiger partial charge in [0.15, 0.2) is 0 Å². The first-order valence-corrected chi connectivity index (χ1v) is 20.2. The second-order valence-corrected chi connectivity index (χ2v) is 17.6. The van der Waals surface area contributed by atoms with E-state index in [0.717, 1.165) is 56.8 Å². The summed E-state index contributed by atoms with van der Waals surface area (Å²) in [6, 6.07) is 0. The zero-order valence-electron chi connectivity index (χ0n) is 32.2. The third kappa shape index (κ3) is 11.4. The monoisotopic (exact) mass is 718 g/mol. The van der Waals surface area contributed by atoms with Crippen LogP contribution >= 0.6 is 0 Å². The molecule has 6 aliphatic rings. The molecular formula is C41H66O10. The highest BCUT2D eigenvalue weighted by atomic mass is 16.6. The van der Waals surface area contributed by atoms with Crippen LogP contribution in [0.5, 0.6) is 0 Å². The molecule has 0 radical (unpaired) electrons. The van der Waals surface area contributed by atoms with Crippen LogP contribution in [-0.4, -0.2) is 75.7 Å². The maximum Gasteiger partial charge on any atom is 0.310 e. The molecule has 0 aromatic rings. The van der Waals surface area contributed by atoms with Crippen LogP contribution in [-0.2, 0) is 47.6 Å². The lowest BCUT2D eigenvalue weighted by Crippen LogP contribution is -2.41. The minimum absolute atomic E-state index is 0.00631. The van der Waals surface area contributed by atoms with Crippen molar-refractivity contribution in [3.05, 3.63) is 0 Å². The van der Waals surface area contributed by atoms with E-state index in [2.05, 4.69) is 34.6 Å². The van der Waals surface area contributed by atoms with Gasteiger partial charge in [-0.05, 0) is 112 Å². The maximum atomic E-state index is 13.1. The zero-order valence-corrected chi connectivity index (χ0v) is 32.2. The average molecular weight is 719 g/mol. The van der Waals surface area contributed by atoms with Gasteiger partial charge in [0.05, 0.1) is 44.0 Å². The number of ether oxygens (including phenoxy) is 6. The molecule has 2 aliphatic heterocycles. The molecule has 4 aliphatic carbocycles. The summed E-state index contributed by atoms with van der Waals surface area (Å²) in [5, 5.41) is 0. The molecule has 0 spiro atoms. The Morgan fingerprint density at radius 1 is 0.549 bits per heavy atom. The van der Waals surface area contributed by atoms with Crippen LogP contribution < -0.4 is 0 Å². The molecular weight excluding hydrogens is 652 g/mol. The number of hydrogen-bond acceptors (Lipinski definition) is 10. The molecule has 2 heterocycles. The molecule has 0 N–H and O–H groups in total. The van der Waals surface area contributed by atoms with Crippen molar-refractivity contribution in [3.63, 3.8) is 0 Å². The molecule has 6 fully saturated rings. The number of rotatable bonds is 11. The molecule has 51 heavy (non-hydrogen) atoms. The van der Waals surface area contributed by atoms with Crippen LogP contribution in [0.2, 0.25) is 0 Å². The molecule has 8 unspecified atom stereocenters. The molecule has 2 saturated heterocycles. The Balaban J connectivity index is 0.000000236. The van der Waals surface area contributed by atoms with E-state index >= 15 is 0 Å². The van der Waals surface area contributed by atoms with Gasteiger partial charge < -0.3 is 28.4 Å².